The van der Waals surface area contributed by atoms with Gasteiger partial charge in [0.25, 0.3) is 5.91 Å². The fraction of sp³-hybridized carbons (Fsp3) is 0.591. The molecule has 0 bridgehead atoms. The number of nitrogens with zero attached hydrogens (tertiary/aromatic N) is 1. The highest BCUT2D eigenvalue weighted by Crippen LogP contribution is 2.30. The smallest absolute Gasteiger partial charge is 0.251 e. The van der Waals surface area contributed by atoms with Crippen molar-refractivity contribution < 1.29 is 23.5 Å². The number of hydrogen-bond acceptors (Lipinski definition) is 4. The van der Waals surface area contributed by atoms with E-state index in [0.717, 1.165) is 5.56 Å². The minimum atomic E-state index is -1.39. The van der Waals surface area contributed by atoms with Gasteiger partial charge in [-0.25, -0.2) is 4.39 Å². The average Bonchev–Trinajstić information content (AvgIpc) is 3.21. The van der Waals surface area contributed by atoms with Crippen molar-refractivity contribution in [3.63, 3.8) is 0 Å². The highest BCUT2D eigenvalue weighted by molar-refractivity contribution is 5.99. The summed E-state index contributed by atoms with van der Waals surface area (Å²) in [5.74, 6) is -0.601. The first-order chi connectivity index (χ1) is 13.7. The van der Waals surface area contributed by atoms with Gasteiger partial charge in [0.2, 0.25) is 5.91 Å². The van der Waals surface area contributed by atoms with E-state index in [-0.39, 0.29) is 30.8 Å². The van der Waals surface area contributed by atoms with Crippen molar-refractivity contribution in [2.24, 2.45) is 5.92 Å². The van der Waals surface area contributed by atoms with Gasteiger partial charge in [0, 0.05) is 5.56 Å². The maximum atomic E-state index is 14.3. The largest absolute Gasteiger partial charge is 0.365 e. The predicted octanol–water partition coefficient (Wildman–Crippen LogP) is 2.47. The monoisotopic (exact) mass is 404 g/mol. The van der Waals surface area contributed by atoms with Gasteiger partial charge < -0.3 is 15.0 Å². The Kier molecular flexibility index (Phi) is 6.36. The van der Waals surface area contributed by atoms with E-state index in [0.29, 0.717) is 17.9 Å². The van der Waals surface area contributed by atoms with E-state index in [1.165, 1.54) is 4.90 Å². The molecule has 6 nitrogen and oxygen atoms in total. The van der Waals surface area contributed by atoms with Crippen LogP contribution >= 0.6 is 0 Å². The molecule has 0 unspecified atom stereocenters. The van der Waals surface area contributed by atoms with Crippen molar-refractivity contribution in [2.75, 3.05) is 13.2 Å². The zero-order chi connectivity index (χ0) is 21.3. The van der Waals surface area contributed by atoms with Crippen LogP contribution in [0.25, 0.3) is 0 Å². The molecule has 2 amide bonds. The molecule has 0 spiro atoms. The summed E-state index contributed by atoms with van der Waals surface area (Å²) in [5.41, 5.74) is 1.58. The van der Waals surface area contributed by atoms with E-state index in [1.807, 2.05) is 26.0 Å². The third kappa shape index (κ3) is 4.50. The van der Waals surface area contributed by atoms with Crippen LogP contribution < -0.4 is 5.32 Å². The number of halogens is 1. The molecule has 0 aliphatic carbocycles. The van der Waals surface area contributed by atoms with Crippen molar-refractivity contribution >= 4 is 17.6 Å². The summed E-state index contributed by atoms with van der Waals surface area (Å²) in [6, 6.07) is 5.54. The summed E-state index contributed by atoms with van der Waals surface area (Å²) in [6.45, 7) is 7.66. The maximum Gasteiger partial charge on any atom is 0.251 e. The Labute approximate surface area is 170 Å². The lowest BCUT2D eigenvalue weighted by molar-refractivity contribution is -0.138. The van der Waals surface area contributed by atoms with E-state index in [9.17, 15) is 18.8 Å². The first-order valence-electron chi connectivity index (χ1n) is 10.2. The molecule has 0 radical (unpaired) electrons. The van der Waals surface area contributed by atoms with Crippen LogP contribution in [0.5, 0.6) is 0 Å². The Morgan fingerprint density at radius 1 is 1.21 bits per heavy atom. The number of carbonyl (C=O) groups excluding carboxylic acids is 3. The minimum Gasteiger partial charge on any atom is -0.365 e. The molecule has 1 N–H and O–H groups in total. The Hall–Kier alpha value is -2.28. The highest BCUT2D eigenvalue weighted by Gasteiger charge is 2.53. The average molecular weight is 404 g/mol. The molecule has 0 aromatic heterocycles. The number of hydrogen-bond donors (Lipinski definition) is 1. The lowest BCUT2D eigenvalue weighted by atomic mass is 10.00. The fourth-order valence-corrected chi connectivity index (χ4v) is 3.98. The number of Topliss-reactive ketones (excluding diaryl/α,β-unsaturated/α-hetero) is 1. The number of carbonyl (C=O) groups is 3. The molecule has 0 saturated carbocycles. The van der Waals surface area contributed by atoms with Crippen LogP contribution in [0.3, 0.4) is 0 Å². The number of nitrogens with one attached hydrogen (secondary N) is 1. The second-order valence-corrected chi connectivity index (χ2v) is 8.63. The fourth-order valence-electron chi connectivity index (χ4n) is 3.98. The number of ether oxygens (including phenoxy) is 1. The van der Waals surface area contributed by atoms with Gasteiger partial charge in [-0.05, 0) is 36.0 Å². The number of fused-ring (bicyclic) bond motifs is 1. The zero-order valence-electron chi connectivity index (χ0n) is 17.4. The molecule has 1 aromatic rings. The lowest BCUT2D eigenvalue weighted by Crippen LogP contribution is -2.52. The van der Waals surface area contributed by atoms with Crippen molar-refractivity contribution in [1.82, 2.24) is 10.2 Å². The summed E-state index contributed by atoms with van der Waals surface area (Å²) < 4.78 is 19.5. The Bertz CT molecular complexity index is 778. The van der Waals surface area contributed by atoms with Crippen molar-refractivity contribution in [1.29, 1.82) is 0 Å². The Morgan fingerprint density at radius 2 is 1.86 bits per heavy atom. The van der Waals surface area contributed by atoms with Crippen LogP contribution in [-0.2, 0) is 14.3 Å². The van der Waals surface area contributed by atoms with Crippen molar-refractivity contribution in [2.45, 2.75) is 64.4 Å². The number of ketones is 1. The number of benzene rings is 1. The molecule has 2 heterocycles. The molecule has 3 rings (SSSR count). The van der Waals surface area contributed by atoms with Crippen LogP contribution in [0, 0.1) is 5.92 Å². The quantitative estimate of drug-likeness (QED) is 0.790. The van der Waals surface area contributed by atoms with Gasteiger partial charge in [-0.1, -0.05) is 39.8 Å². The van der Waals surface area contributed by atoms with E-state index >= 15 is 0 Å². The van der Waals surface area contributed by atoms with Gasteiger partial charge in [-0.3, -0.25) is 14.4 Å². The van der Waals surface area contributed by atoms with E-state index in [1.54, 1.807) is 12.1 Å². The zero-order valence-corrected chi connectivity index (χ0v) is 17.4. The Morgan fingerprint density at radius 3 is 2.45 bits per heavy atom. The summed E-state index contributed by atoms with van der Waals surface area (Å²) in [4.78, 5) is 39.3. The number of rotatable bonds is 6. The molecule has 7 heteroatoms. The molecule has 2 fully saturated rings. The lowest BCUT2D eigenvalue weighted by Gasteiger charge is -2.28. The molecule has 29 heavy (non-hydrogen) atoms. The van der Waals surface area contributed by atoms with Gasteiger partial charge in [-0.15, -0.1) is 0 Å². The summed E-state index contributed by atoms with van der Waals surface area (Å²) >= 11 is 0. The standard InChI is InChI=1S/C22H29FN2O4/c1-12(2)9-17(24-21(27)15-7-5-14(6-8-15)13(3)4)22(28)25-10-16(23)20-19(25)18(26)11-29-20/h5-8,12-13,16-17,19-20H,9-11H2,1-4H3,(H,24,27)/t16-,17-,19+,20+/m0/s1. The van der Waals surface area contributed by atoms with Gasteiger partial charge in [0.05, 0.1) is 6.54 Å². The first kappa shape index (κ1) is 21.4. The maximum absolute atomic E-state index is 14.3. The van der Waals surface area contributed by atoms with Gasteiger partial charge in [0.15, 0.2) is 5.78 Å². The van der Waals surface area contributed by atoms with E-state index < -0.39 is 30.3 Å². The molecular weight excluding hydrogens is 375 g/mol. The topological polar surface area (TPSA) is 75.7 Å². The molecular formula is C22H29FN2O4. The highest BCUT2D eigenvalue weighted by atomic mass is 19.1. The number of likely N-dealkylation sites (tertiary alicyclic amines) is 1. The summed E-state index contributed by atoms with van der Waals surface area (Å²) in [5, 5.41) is 2.79. The third-order valence-corrected chi connectivity index (χ3v) is 5.56. The van der Waals surface area contributed by atoms with Crippen LogP contribution in [0.15, 0.2) is 24.3 Å². The molecule has 2 aliphatic heterocycles. The minimum absolute atomic E-state index is 0.127. The van der Waals surface area contributed by atoms with Crippen LogP contribution in [0.1, 0.15) is 56.0 Å². The number of alkyl halides is 1. The number of amides is 2. The second-order valence-electron chi connectivity index (χ2n) is 8.63. The molecule has 2 aliphatic rings. The Balaban J connectivity index is 1.76. The van der Waals surface area contributed by atoms with Crippen molar-refractivity contribution in [3.8, 4) is 0 Å². The third-order valence-electron chi connectivity index (χ3n) is 5.56. The van der Waals surface area contributed by atoms with Gasteiger partial charge in [-0.2, -0.15) is 0 Å². The summed E-state index contributed by atoms with van der Waals surface area (Å²) in [7, 11) is 0. The molecule has 1 aromatic carbocycles. The van der Waals surface area contributed by atoms with Crippen LogP contribution in [-0.4, -0.2) is 60.0 Å². The second kappa shape index (κ2) is 8.61. The van der Waals surface area contributed by atoms with Crippen molar-refractivity contribution in [3.05, 3.63) is 35.4 Å². The van der Waals surface area contributed by atoms with E-state index in [2.05, 4.69) is 19.2 Å². The van der Waals surface area contributed by atoms with Crippen LogP contribution in [0.4, 0.5) is 4.39 Å². The first-order valence-corrected chi connectivity index (χ1v) is 10.2. The molecule has 2 saturated heterocycles. The summed E-state index contributed by atoms with van der Waals surface area (Å²) in [6.07, 6.45) is -1.89. The van der Waals surface area contributed by atoms with Crippen LogP contribution in [0.2, 0.25) is 0 Å². The molecule has 4 atom stereocenters. The molecule has 158 valence electrons. The predicted molar refractivity (Wildman–Crippen MR) is 106 cm³/mol. The normalized spacial score (nSPS) is 24.9. The van der Waals surface area contributed by atoms with Gasteiger partial charge in [0.1, 0.15) is 31.0 Å². The van der Waals surface area contributed by atoms with E-state index in [4.69, 9.17) is 4.74 Å². The van der Waals surface area contributed by atoms with Gasteiger partial charge >= 0.3 is 0 Å². The SMILES string of the molecule is CC(C)C[C@H](NC(=O)c1ccc(C(C)C)cc1)C(=O)N1C[C@H](F)[C@H]2OCC(=O)[C@H]21.